The smallest absolute Gasteiger partial charge is 0.128 e. The van der Waals surface area contributed by atoms with Gasteiger partial charge >= 0.3 is 0 Å². The summed E-state index contributed by atoms with van der Waals surface area (Å²) in [5.41, 5.74) is 13.5. The van der Waals surface area contributed by atoms with Crippen molar-refractivity contribution in [3.8, 4) is 0 Å². The Morgan fingerprint density at radius 3 is 2.93 bits per heavy atom. The molecule has 0 radical (unpaired) electrons. The Bertz CT molecular complexity index is 301. The van der Waals surface area contributed by atoms with E-state index in [2.05, 4.69) is 4.98 Å². The van der Waals surface area contributed by atoms with Gasteiger partial charge in [-0.05, 0) is 25.5 Å². The van der Waals surface area contributed by atoms with Crippen LogP contribution in [0.3, 0.4) is 0 Å². The van der Waals surface area contributed by atoms with Crippen molar-refractivity contribution < 1.29 is 4.74 Å². The fraction of sp³-hybridized carbons (Fsp3) is 0.500. The molecule has 78 valence electrons. The topological polar surface area (TPSA) is 74.2 Å². The minimum atomic E-state index is -0.192. The van der Waals surface area contributed by atoms with Crippen LogP contribution in [0.4, 0.5) is 5.82 Å². The molecule has 4 heteroatoms. The first kappa shape index (κ1) is 10.9. The predicted octanol–water partition coefficient (Wildman–Crippen LogP) is 1.01. The zero-order chi connectivity index (χ0) is 10.6. The number of aromatic nitrogens is 1. The standard InChI is InChI=1S/C10H17N3O/c1-3-14-6-9(11)8-4-7(2)5-13-10(8)12/h4-5,9H,3,6,11H2,1-2H3,(H2,12,13). The Labute approximate surface area is 84.3 Å². The van der Waals surface area contributed by atoms with Gasteiger partial charge in [-0.3, -0.25) is 0 Å². The maximum atomic E-state index is 5.91. The minimum Gasteiger partial charge on any atom is -0.383 e. The molecule has 1 atom stereocenters. The third kappa shape index (κ3) is 2.68. The highest BCUT2D eigenvalue weighted by molar-refractivity contribution is 5.42. The number of ether oxygens (including phenoxy) is 1. The van der Waals surface area contributed by atoms with Crippen LogP contribution in [0, 0.1) is 6.92 Å². The van der Waals surface area contributed by atoms with E-state index in [1.165, 1.54) is 0 Å². The first-order chi connectivity index (χ1) is 6.65. The van der Waals surface area contributed by atoms with Crippen molar-refractivity contribution in [1.82, 2.24) is 4.98 Å². The van der Waals surface area contributed by atoms with Crippen LogP contribution in [-0.2, 0) is 4.74 Å². The molecule has 0 fully saturated rings. The van der Waals surface area contributed by atoms with Crippen LogP contribution in [0.25, 0.3) is 0 Å². The molecule has 0 bridgehead atoms. The molecule has 0 saturated heterocycles. The van der Waals surface area contributed by atoms with E-state index < -0.39 is 0 Å². The van der Waals surface area contributed by atoms with E-state index in [4.69, 9.17) is 16.2 Å². The van der Waals surface area contributed by atoms with E-state index in [0.717, 1.165) is 11.1 Å². The molecule has 0 amide bonds. The molecule has 1 aromatic rings. The van der Waals surface area contributed by atoms with Gasteiger partial charge in [-0.1, -0.05) is 0 Å². The molecule has 4 N–H and O–H groups in total. The van der Waals surface area contributed by atoms with Gasteiger partial charge < -0.3 is 16.2 Å². The summed E-state index contributed by atoms with van der Waals surface area (Å²) in [6.45, 7) is 5.03. The molecule has 0 aliphatic carbocycles. The average molecular weight is 195 g/mol. The lowest BCUT2D eigenvalue weighted by atomic mass is 10.1. The fourth-order valence-corrected chi connectivity index (χ4v) is 1.23. The molecular formula is C10H17N3O. The number of nitrogens with zero attached hydrogens (tertiary/aromatic N) is 1. The molecule has 4 nitrogen and oxygen atoms in total. The second-order valence-corrected chi connectivity index (χ2v) is 3.25. The first-order valence-electron chi connectivity index (χ1n) is 4.70. The average Bonchev–Trinajstić information content (AvgIpc) is 2.18. The minimum absolute atomic E-state index is 0.192. The Kier molecular flexibility index (Phi) is 3.85. The summed E-state index contributed by atoms with van der Waals surface area (Å²) < 4.78 is 5.24. The Morgan fingerprint density at radius 2 is 2.29 bits per heavy atom. The van der Waals surface area contributed by atoms with Gasteiger partial charge in [0.25, 0.3) is 0 Å². The highest BCUT2D eigenvalue weighted by atomic mass is 16.5. The van der Waals surface area contributed by atoms with Gasteiger partial charge in [0.05, 0.1) is 12.6 Å². The Balaban J connectivity index is 2.77. The van der Waals surface area contributed by atoms with Crippen LogP contribution >= 0.6 is 0 Å². The summed E-state index contributed by atoms with van der Waals surface area (Å²) >= 11 is 0. The summed E-state index contributed by atoms with van der Waals surface area (Å²) in [5.74, 6) is 0.489. The van der Waals surface area contributed by atoms with Crippen LogP contribution in [0.5, 0.6) is 0 Å². The molecule has 0 aliphatic rings. The normalized spacial score (nSPS) is 12.8. The summed E-state index contributed by atoms with van der Waals surface area (Å²) in [4.78, 5) is 4.05. The summed E-state index contributed by atoms with van der Waals surface area (Å²) in [5, 5.41) is 0. The molecule has 1 rings (SSSR count). The van der Waals surface area contributed by atoms with E-state index in [1.54, 1.807) is 6.20 Å². The highest BCUT2D eigenvalue weighted by Gasteiger charge is 2.10. The zero-order valence-corrected chi connectivity index (χ0v) is 8.66. The molecule has 1 unspecified atom stereocenters. The molecular weight excluding hydrogens is 178 g/mol. The second-order valence-electron chi connectivity index (χ2n) is 3.25. The van der Waals surface area contributed by atoms with E-state index >= 15 is 0 Å². The molecule has 1 aromatic heterocycles. The van der Waals surface area contributed by atoms with Crippen molar-refractivity contribution in [2.24, 2.45) is 5.73 Å². The van der Waals surface area contributed by atoms with Gasteiger partial charge in [-0.25, -0.2) is 4.98 Å². The van der Waals surface area contributed by atoms with Crippen molar-refractivity contribution in [3.63, 3.8) is 0 Å². The van der Waals surface area contributed by atoms with Gasteiger partial charge in [0.1, 0.15) is 5.82 Å². The van der Waals surface area contributed by atoms with E-state index in [0.29, 0.717) is 19.0 Å². The van der Waals surface area contributed by atoms with Gasteiger partial charge in [-0.2, -0.15) is 0 Å². The Morgan fingerprint density at radius 1 is 1.57 bits per heavy atom. The van der Waals surface area contributed by atoms with Crippen LogP contribution in [0.15, 0.2) is 12.3 Å². The third-order valence-corrected chi connectivity index (χ3v) is 1.99. The summed E-state index contributed by atoms with van der Waals surface area (Å²) in [6.07, 6.45) is 1.73. The number of rotatable bonds is 4. The van der Waals surface area contributed by atoms with Crippen LogP contribution in [-0.4, -0.2) is 18.2 Å². The summed E-state index contributed by atoms with van der Waals surface area (Å²) in [7, 11) is 0. The Hall–Kier alpha value is -1.13. The van der Waals surface area contributed by atoms with Crippen molar-refractivity contribution in [1.29, 1.82) is 0 Å². The number of hydrogen-bond acceptors (Lipinski definition) is 4. The van der Waals surface area contributed by atoms with Crippen LogP contribution in [0.1, 0.15) is 24.1 Å². The fourth-order valence-electron chi connectivity index (χ4n) is 1.23. The maximum absolute atomic E-state index is 5.91. The largest absolute Gasteiger partial charge is 0.383 e. The zero-order valence-electron chi connectivity index (χ0n) is 8.66. The number of nitrogen functional groups attached to an aromatic ring is 1. The molecule has 0 aromatic carbocycles. The third-order valence-electron chi connectivity index (χ3n) is 1.99. The number of pyridine rings is 1. The first-order valence-corrected chi connectivity index (χ1v) is 4.70. The highest BCUT2D eigenvalue weighted by Crippen LogP contribution is 2.17. The number of aryl methyl sites for hydroxylation is 1. The van der Waals surface area contributed by atoms with Gasteiger partial charge in [-0.15, -0.1) is 0 Å². The predicted molar refractivity (Wildman–Crippen MR) is 56.8 cm³/mol. The van der Waals surface area contributed by atoms with Gasteiger partial charge in [0.2, 0.25) is 0 Å². The van der Waals surface area contributed by atoms with Crippen molar-refractivity contribution >= 4 is 5.82 Å². The van der Waals surface area contributed by atoms with Crippen LogP contribution in [0.2, 0.25) is 0 Å². The molecule has 0 spiro atoms. The van der Waals surface area contributed by atoms with Gasteiger partial charge in [0, 0.05) is 18.4 Å². The van der Waals surface area contributed by atoms with E-state index in [1.807, 2.05) is 19.9 Å². The quantitative estimate of drug-likeness (QED) is 0.752. The number of anilines is 1. The van der Waals surface area contributed by atoms with Crippen molar-refractivity contribution in [2.45, 2.75) is 19.9 Å². The van der Waals surface area contributed by atoms with E-state index in [-0.39, 0.29) is 6.04 Å². The lowest BCUT2D eigenvalue weighted by Gasteiger charge is -2.13. The molecule has 0 aliphatic heterocycles. The maximum Gasteiger partial charge on any atom is 0.128 e. The van der Waals surface area contributed by atoms with Crippen LogP contribution < -0.4 is 11.5 Å². The molecule has 0 saturated carbocycles. The molecule has 14 heavy (non-hydrogen) atoms. The van der Waals surface area contributed by atoms with Crippen molar-refractivity contribution in [3.05, 3.63) is 23.4 Å². The second kappa shape index (κ2) is 4.93. The monoisotopic (exact) mass is 195 g/mol. The number of nitrogens with two attached hydrogens (primary N) is 2. The number of hydrogen-bond donors (Lipinski definition) is 2. The summed E-state index contributed by atoms with van der Waals surface area (Å²) in [6, 6.07) is 1.76. The van der Waals surface area contributed by atoms with E-state index in [9.17, 15) is 0 Å². The lowest BCUT2D eigenvalue weighted by Crippen LogP contribution is -2.19. The SMILES string of the molecule is CCOCC(N)c1cc(C)cnc1N. The van der Waals surface area contributed by atoms with Gasteiger partial charge in [0.15, 0.2) is 0 Å². The van der Waals surface area contributed by atoms with Crippen molar-refractivity contribution in [2.75, 3.05) is 18.9 Å². The molecule has 1 heterocycles. The lowest BCUT2D eigenvalue weighted by molar-refractivity contribution is 0.133.